The number of primary amides is 1. The Labute approximate surface area is 140 Å². The summed E-state index contributed by atoms with van der Waals surface area (Å²) in [6.07, 6.45) is 0. The standard InChI is InChI=1S/C17H21N3O2S/c1-11-4-6-13(7-5-11)10-20(3)12(2)16(22)19-17-14(15(18)21)8-9-23-17/h4-9,12H,10H2,1-3H3,(H2,18,21)(H,19,22)/t12-/m1/s1. The summed E-state index contributed by atoms with van der Waals surface area (Å²) in [6, 6.07) is 9.50. The number of carbonyl (C=O) groups excluding carboxylic acids is 2. The number of nitrogens with two attached hydrogens (primary N) is 1. The monoisotopic (exact) mass is 331 g/mol. The highest BCUT2D eigenvalue weighted by molar-refractivity contribution is 7.14. The number of hydrogen-bond donors (Lipinski definition) is 2. The summed E-state index contributed by atoms with van der Waals surface area (Å²) in [7, 11) is 1.90. The third-order valence-corrected chi connectivity index (χ3v) is 4.59. The van der Waals surface area contributed by atoms with Crippen LogP contribution < -0.4 is 11.1 Å². The Bertz CT molecular complexity index is 694. The molecule has 0 aliphatic heterocycles. The second-order valence-electron chi connectivity index (χ2n) is 5.59. The number of nitrogens with zero attached hydrogens (tertiary/aromatic N) is 1. The van der Waals surface area contributed by atoms with Crippen molar-refractivity contribution in [2.45, 2.75) is 26.4 Å². The Kier molecular flexibility index (Phi) is 5.52. The smallest absolute Gasteiger partial charge is 0.251 e. The van der Waals surface area contributed by atoms with E-state index in [-0.39, 0.29) is 11.9 Å². The van der Waals surface area contributed by atoms with Crippen LogP contribution in [0.5, 0.6) is 0 Å². The van der Waals surface area contributed by atoms with Gasteiger partial charge in [-0.05, 0) is 37.9 Å². The van der Waals surface area contributed by atoms with Gasteiger partial charge in [0.25, 0.3) is 5.91 Å². The van der Waals surface area contributed by atoms with Crippen LogP contribution in [0.25, 0.3) is 0 Å². The van der Waals surface area contributed by atoms with E-state index in [9.17, 15) is 9.59 Å². The first-order valence-corrected chi connectivity index (χ1v) is 8.20. The molecule has 1 aromatic carbocycles. The molecule has 1 atom stereocenters. The van der Waals surface area contributed by atoms with Gasteiger partial charge in [-0.15, -0.1) is 11.3 Å². The van der Waals surface area contributed by atoms with Gasteiger partial charge in [-0.2, -0.15) is 0 Å². The van der Waals surface area contributed by atoms with Crippen LogP contribution in [0.1, 0.15) is 28.4 Å². The molecule has 0 fully saturated rings. The van der Waals surface area contributed by atoms with Gasteiger partial charge in [-0.25, -0.2) is 0 Å². The summed E-state index contributed by atoms with van der Waals surface area (Å²) in [5.74, 6) is -0.702. The third-order valence-electron chi connectivity index (χ3n) is 3.76. The van der Waals surface area contributed by atoms with Crippen molar-refractivity contribution in [3.8, 4) is 0 Å². The molecule has 1 aromatic heterocycles. The highest BCUT2D eigenvalue weighted by Gasteiger charge is 2.20. The Hall–Kier alpha value is -2.18. The summed E-state index contributed by atoms with van der Waals surface area (Å²) in [5.41, 5.74) is 7.99. The number of hydrogen-bond acceptors (Lipinski definition) is 4. The summed E-state index contributed by atoms with van der Waals surface area (Å²) in [5, 5.41) is 5.02. The summed E-state index contributed by atoms with van der Waals surface area (Å²) >= 11 is 1.29. The van der Waals surface area contributed by atoms with Crippen LogP contribution in [0.15, 0.2) is 35.7 Å². The summed E-state index contributed by atoms with van der Waals surface area (Å²) < 4.78 is 0. The molecule has 23 heavy (non-hydrogen) atoms. The zero-order valence-electron chi connectivity index (χ0n) is 13.5. The molecule has 0 bridgehead atoms. The minimum Gasteiger partial charge on any atom is -0.366 e. The van der Waals surface area contributed by atoms with Crippen molar-refractivity contribution >= 4 is 28.2 Å². The first-order valence-electron chi connectivity index (χ1n) is 7.32. The fraction of sp³-hybridized carbons (Fsp3) is 0.294. The molecule has 2 amide bonds. The Morgan fingerprint density at radius 3 is 2.52 bits per heavy atom. The lowest BCUT2D eigenvalue weighted by atomic mass is 10.1. The summed E-state index contributed by atoms with van der Waals surface area (Å²) in [6.45, 7) is 4.55. The van der Waals surface area contributed by atoms with E-state index in [1.54, 1.807) is 11.4 Å². The van der Waals surface area contributed by atoms with E-state index >= 15 is 0 Å². The molecule has 0 aliphatic carbocycles. The maximum absolute atomic E-state index is 12.4. The predicted octanol–water partition coefficient (Wildman–Crippen LogP) is 2.61. The molecule has 0 aliphatic rings. The molecular formula is C17H21N3O2S. The molecule has 0 saturated carbocycles. The fourth-order valence-electron chi connectivity index (χ4n) is 2.14. The molecule has 1 heterocycles. The zero-order chi connectivity index (χ0) is 17.0. The molecule has 0 unspecified atom stereocenters. The van der Waals surface area contributed by atoms with Gasteiger partial charge in [0.1, 0.15) is 5.00 Å². The van der Waals surface area contributed by atoms with E-state index in [0.717, 1.165) is 5.56 Å². The molecule has 0 saturated heterocycles. The number of rotatable bonds is 6. The maximum Gasteiger partial charge on any atom is 0.251 e. The third kappa shape index (κ3) is 4.40. The quantitative estimate of drug-likeness (QED) is 0.854. The number of anilines is 1. The van der Waals surface area contributed by atoms with Gasteiger partial charge in [0.05, 0.1) is 11.6 Å². The van der Waals surface area contributed by atoms with Gasteiger partial charge in [-0.3, -0.25) is 14.5 Å². The van der Waals surface area contributed by atoms with Crippen LogP contribution in [0.2, 0.25) is 0 Å². The Morgan fingerprint density at radius 1 is 1.26 bits per heavy atom. The van der Waals surface area contributed by atoms with Gasteiger partial charge in [-0.1, -0.05) is 29.8 Å². The summed E-state index contributed by atoms with van der Waals surface area (Å²) in [4.78, 5) is 25.6. The molecule has 2 aromatic rings. The minimum atomic E-state index is -0.540. The number of nitrogens with one attached hydrogen (secondary N) is 1. The molecule has 2 rings (SSSR count). The number of thiophene rings is 1. The second-order valence-corrected chi connectivity index (χ2v) is 6.51. The second kappa shape index (κ2) is 7.39. The molecule has 0 spiro atoms. The zero-order valence-corrected chi connectivity index (χ0v) is 14.3. The van der Waals surface area contributed by atoms with Crippen LogP contribution in [0.4, 0.5) is 5.00 Å². The highest BCUT2D eigenvalue weighted by atomic mass is 32.1. The van der Waals surface area contributed by atoms with Crippen LogP contribution >= 0.6 is 11.3 Å². The SMILES string of the molecule is Cc1ccc(CN(C)[C@H](C)C(=O)Nc2sccc2C(N)=O)cc1. The number of amides is 2. The van der Waals surface area contributed by atoms with Gasteiger partial charge in [0, 0.05) is 6.54 Å². The van der Waals surface area contributed by atoms with Crippen LogP contribution in [0, 0.1) is 6.92 Å². The molecule has 0 radical (unpaired) electrons. The lowest BCUT2D eigenvalue weighted by molar-refractivity contribution is -0.120. The molecule has 122 valence electrons. The lowest BCUT2D eigenvalue weighted by Crippen LogP contribution is -2.39. The number of aryl methyl sites for hydroxylation is 1. The van der Waals surface area contributed by atoms with Crippen molar-refractivity contribution < 1.29 is 9.59 Å². The van der Waals surface area contributed by atoms with Crippen molar-refractivity contribution in [1.29, 1.82) is 0 Å². The van der Waals surface area contributed by atoms with Crippen LogP contribution in [-0.4, -0.2) is 29.8 Å². The van der Waals surface area contributed by atoms with Crippen molar-refractivity contribution in [2.24, 2.45) is 5.73 Å². The normalized spacial score (nSPS) is 12.2. The first kappa shape index (κ1) is 17.2. The van der Waals surface area contributed by atoms with E-state index in [2.05, 4.69) is 29.6 Å². The first-order chi connectivity index (χ1) is 10.9. The Balaban J connectivity index is 1.99. The van der Waals surface area contributed by atoms with E-state index in [1.165, 1.54) is 16.9 Å². The lowest BCUT2D eigenvalue weighted by Gasteiger charge is -2.24. The maximum atomic E-state index is 12.4. The molecule has 5 nitrogen and oxygen atoms in total. The van der Waals surface area contributed by atoms with Gasteiger partial charge < -0.3 is 11.1 Å². The van der Waals surface area contributed by atoms with Gasteiger partial charge >= 0.3 is 0 Å². The van der Waals surface area contributed by atoms with Crippen LogP contribution in [-0.2, 0) is 11.3 Å². The average molecular weight is 331 g/mol. The van der Waals surface area contributed by atoms with Crippen LogP contribution in [0.3, 0.4) is 0 Å². The largest absolute Gasteiger partial charge is 0.366 e. The fourth-order valence-corrected chi connectivity index (χ4v) is 2.93. The van der Waals surface area contributed by atoms with Crippen molar-refractivity contribution in [2.75, 3.05) is 12.4 Å². The topological polar surface area (TPSA) is 75.4 Å². The van der Waals surface area contributed by atoms with Crippen molar-refractivity contribution in [3.63, 3.8) is 0 Å². The molecule has 6 heteroatoms. The predicted molar refractivity (Wildman–Crippen MR) is 93.6 cm³/mol. The highest BCUT2D eigenvalue weighted by Crippen LogP contribution is 2.23. The van der Waals surface area contributed by atoms with Crippen molar-refractivity contribution in [1.82, 2.24) is 4.90 Å². The number of likely N-dealkylation sites (N-methyl/N-ethyl adjacent to an activating group) is 1. The van der Waals surface area contributed by atoms with E-state index in [4.69, 9.17) is 5.73 Å². The van der Waals surface area contributed by atoms with Crippen molar-refractivity contribution in [3.05, 3.63) is 52.4 Å². The van der Waals surface area contributed by atoms with E-state index in [1.807, 2.05) is 25.8 Å². The Morgan fingerprint density at radius 2 is 1.91 bits per heavy atom. The van der Waals surface area contributed by atoms with Gasteiger partial charge in [0.2, 0.25) is 5.91 Å². The van der Waals surface area contributed by atoms with Gasteiger partial charge in [0.15, 0.2) is 0 Å². The van der Waals surface area contributed by atoms with E-state index < -0.39 is 5.91 Å². The minimum absolute atomic E-state index is 0.162. The number of benzene rings is 1. The molecular weight excluding hydrogens is 310 g/mol. The van der Waals surface area contributed by atoms with E-state index in [0.29, 0.717) is 17.1 Å². The average Bonchev–Trinajstić information content (AvgIpc) is 2.97. The molecule has 3 N–H and O–H groups in total. The number of carbonyl (C=O) groups is 2.